The Kier molecular flexibility index (Phi) is 11.6. The van der Waals surface area contributed by atoms with E-state index in [1.165, 1.54) is 10.9 Å². The largest absolute Gasteiger partial charge is 0.493 e. The van der Waals surface area contributed by atoms with Gasteiger partial charge >= 0.3 is 0 Å². The molecule has 4 aromatic rings. The van der Waals surface area contributed by atoms with Crippen molar-refractivity contribution in [1.29, 1.82) is 0 Å². The monoisotopic (exact) mass is 697 g/mol. The number of likely N-dealkylation sites (tertiary alicyclic amines) is 1. The van der Waals surface area contributed by atoms with Gasteiger partial charge in [0.15, 0.2) is 11.5 Å². The molecule has 2 bridgehead atoms. The molecule has 0 spiro atoms. The maximum Gasteiger partial charge on any atom is 0.261 e. The fourth-order valence-corrected chi connectivity index (χ4v) is 7.01. The third-order valence-electron chi connectivity index (χ3n) is 9.94. The predicted molar refractivity (Wildman–Crippen MR) is 192 cm³/mol. The average Bonchev–Trinajstić information content (AvgIpc) is 3.62. The number of aryl methyl sites for hydroxylation is 2. The van der Waals surface area contributed by atoms with Gasteiger partial charge in [-0.25, -0.2) is 9.97 Å². The number of carbonyl (C=O) groups excluding carboxylic acids is 3. The molecule has 2 aromatic heterocycles. The van der Waals surface area contributed by atoms with Gasteiger partial charge in [-0.2, -0.15) is 0 Å². The number of fused-ring (bicyclic) bond motifs is 5. The van der Waals surface area contributed by atoms with Crippen LogP contribution < -0.4 is 15.0 Å². The van der Waals surface area contributed by atoms with Crippen molar-refractivity contribution in [1.82, 2.24) is 33.8 Å². The first-order chi connectivity index (χ1) is 24.8. The van der Waals surface area contributed by atoms with Crippen molar-refractivity contribution in [3.63, 3.8) is 0 Å². The summed E-state index contributed by atoms with van der Waals surface area (Å²) in [6.07, 6.45) is 8.78. The van der Waals surface area contributed by atoms with Crippen molar-refractivity contribution in [2.24, 2.45) is 5.92 Å². The molecular weight excluding hydrogens is 650 g/mol. The van der Waals surface area contributed by atoms with E-state index in [1.807, 2.05) is 46.3 Å². The van der Waals surface area contributed by atoms with Crippen LogP contribution in [0.25, 0.3) is 22.3 Å². The van der Waals surface area contributed by atoms with Gasteiger partial charge in [0.25, 0.3) is 5.56 Å². The van der Waals surface area contributed by atoms with Gasteiger partial charge in [0, 0.05) is 83.0 Å². The summed E-state index contributed by atoms with van der Waals surface area (Å²) in [5.74, 6) is 1.88. The van der Waals surface area contributed by atoms with Crippen molar-refractivity contribution in [2.75, 3.05) is 53.0 Å². The first-order valence-corrected chi connectivity index (χ1v) is 17.9. The van der Waals surface area contributed by atoms with Crippen molar-refractivity contribution < 1.29 is 23.9 Å². The van der Waals surface area contributed by atoms with Crippen LogP contribution in [0.4, 0.5) is 0 Å². The van der Waals surface area contributed by atoms with Crippen LogP contribution in [0.5, 0.6) is 11.5 Å². The normalized spacial score (nSPS) is 16.6. The lowest BCUT2D eigenvalue weighted by Gasteiger charge is -2.34. The lowest BCUT2D eigenvalue weighted by molar-refractivity contribution is -0.140. The molecule has 0 saturated carbocycles. The summed E-state index contributed by atoms with van der Waals surface area (Å²) in [7, 11) is 1.60. The number of hydrogen-bond acceptors (Lipinski definition) is 8. The molecule has 6 rings (SSSR count). The zero-order chi connectivity index (χ0) is 35.7. The molecule has 13 nitrogen and oxygen atoms in total. The Labute approximate surface area is 297 Å². The SMILES string of the molecule is COc1ccc2cc1OCCN(C(=O)C1CCN(C(C)=O)CC1)CCCCN(C(=O)CCn1cnc3ccccc3c1=O)CCCn1ccnc1-2. The Bertz CT molecular complexity index is 1900. The molecule has 1 fully saturated rings. The Morgan fingerprint density at radius 3 is 2.43 bits per heavy atom. The fraction of sp³-hybridized carbons (Fsp3) is 0.474. The zero-order valence-corrected chi connectivity index (χ0v) is 29.5. The Balaban J connectivity index is 1.19. The Morgan fingerprint density at radius 1 is 0.882 bits per heavy atom. The molecule has 2 aliphatic heterocycles. The number of nitrogens with zero attached hydrogens (tertiary/aromatic N) is 7. The number of benzene rings is 2. The number of methoxy groups -OCH3 is 1. The molecule has 0 radical (unpaired) electrons. The van der Waals surface area contributed by atoms with E-state index in [9.17, 15) is 19.2 Å². The maximum absolute atomic E-state index is 13.9. The van der Waals surface area contributed by atoms with E-state index in [2.05, 4.69) is 14.5 Å². The van der Waals surface area contributed by atoms with Crippen molar-refractivity contribution >= 4 is 28.6 Å². The quantitative estimate of drug-likeness (QED) is 0.308. The van der Waals surface area contributed by atoms with Crippen LogP contribution in [0.3, 0.4) is 0 Å². The molecule has 0 atom stereocenters. The highest BCUT2D eigenvalue weighted by Crippen LogP contribution is 2.32. The van der Waals surface area contributed by atoms with Gasteiger partial charge in [-0.1, -0.05) is 12.1 Å². The van der Waals surface area contributed by atoms with Crippen LogP contribution in [-0.2, 0) is 27.5 Å². The summed E-state index contributed by atoms with van der Waals surface area (Å²) in [6, 6.07) is 12.9. The summed E-state index contributed by atoms with van der Waals surface area (Å²) < 4.78 is 15.4. The second-order valence-electron chi connectivity index (χ2n) is 13.2. The average molecular weight is 698 g/mol. The van der Waals surface area contributed by atoms with Crippen LogP contribution >= 0.6 is 0 Å². The number of imidazole rings is 1. The second kappa shape index (κ2) is 16.7. The summed E-state index contributed by atoms with van der Waals surface area (Å²) in [5, 5.41) is 0.530. The molecule has 0 unspecified atom stereocenters. The molecule has 0 aliphatic carbocycles. The van der Waals surface area contributed by atoms with Gasteiger partial charge in [-0.15, -0.1) is 0 Å². The molecular formula is C38H47N7O6. The number of hydrogen-bond donors (Lipinski definition) is 0. The van der Waals surface area contributed by atoms with Crippen molar-refractivity contribution in [3.05, 3.63) is 71.5 Å². The number of ether oxygens (including phenoxy) is 2. The molecule has 0 N–H and O–H groups in total. The van der Waals surface area contributed by atoms with E-state index in [4.69, 9.17) is 9.47 Å². The van der Waals surface area contributed by atoms with Crippen LogP contribution in [0.2, 0.25) is 0 Å². The highest BCUT2D eigenvalue weighted by Gasteiger charge is 2.29. The number of aromatic nitrogens is 4. The van der Waals surface area contributed by atoms with Gasteiger partial charge in [0.1, 0.15) is 12.4 Å². The summed E-state index contributed by atoms with van der Waals surface area (Å²) >= 11 is 0. The third-order valence-corrected chi connectivity index (χ3v) is 9.94. The minimum atomic E-state index is -0.160. The summed E-state index contributed by atoms with van der Waals surface area (Å²) in [5.41, 5.74) is 1.34. The smallest absolute Gasteiger partial charge is 0.261 e. The maximum atomic E-state index is 13.9. The van der Waals surface area contributed by atoms with Gasteiger partial charge in [-0.3, -0.25) is 23.7 Å². The first-order valence-electron chi connectivity index (χ1n) is 17.9. The topological polar surface area (TPSA) is 132 Å². The highest BCUT2D eigenvalue weighted by atomic mass is 16.5. The number of piperidine rings is 1. The molecule has 2 aliphatic rings. The van der Waals surface area contributed by atoms with Crippen LogP contribution in [0, 0.1) is 5.92 Å². The molecule has 1 saturated heterocycles. The molecule has 4 heterocycles. The molecule has 2 aromatic carbocycles. The first kappa shape index (κ1) is 35.6. The van der Waals surface area contributed by atoms with Gasteiger partial charge < -0.3 is 28.7 Å². The zero-order valence-electron chi connectivity index (χ0n) is 29.5. The van der Waals surface area contributed by atoms with E-state index in [0.717, 1.165) is 11.4 Å². The minimum absolute atomic E-state index is 0.0304. The summed E-state index contributed by atoms with van der Waals surface area (Å²) in [4.78, 5) is 67.1. The summed E-state index contributed by atoms with van der Waals surface area (Å²) in [6.45, 7) is 5.89. The van der Waals surface area contributed by atoms with E-state index < -0.39 is 0 Å². The molecule has 3 amide bonds. The van der Waals surface area contributed by atoms with Gasteiger partial charge in [0.05, 0.1) is 30.9 Å². The van der Waals surface area contributed by atoms with Crippen molar-refractivity contribution in [2.45, 2.75) is 58.5 Å². The van der Waals surface area contributed by atoms with Crippen LogP contribution in [0.15, 0.2) is 66.0 Å². The predicted octanol–water partition coefficient (Wildman–Crippen LogP) is 3.84. The van der Waals surface area contributed by atoms with E-state index in [-0.39, 0.29) is 48.8 Å². The van der Waals surface area contributed by atoms with E-state index in [0.29, 0.717) is 100 Å². The Hall–Kier alpha value is -5.20. The lowest BCUT2D eigenvalue weighted by atomic mass is 9.95. The molecule has 51 heavy (non-hydrogen) atoms. The highest BCUT2D eigenvalue weighted by molar-refractivity contribution is 5.80. The van der Waals surface area contributed by atoms with Gasteiger partial charge in [-0.05, 0) is 62.4 Å². The minimum Gasteiger partial charge on any atom is -0.493 e. The molecule has 270 valence electrons. The fourth-order valence-electron chi connectivity index (χ4n) is 7.01. The number of amides is 3. The third kappa shape index (κ3) is 8.58. The van der Waals surface area contributed by atoms with Crippen molar-refractivity contribution in [3.8, 4) is 22.9 Å². The second-order valence-corrected chi connectivity index (χ2v) is 13.2. The van der Waals surface area contributed by atoms with Crippen LogP contribution in [-0.4, -0.2) is 105 Å². The van der Waals surface area contributed by atoms with Crippen LogP contribution in [0.1, 0.15) is 45.4 Å². The lowest BCUT2D eigenvalue weighted by Crippen LogP contribution is -2.45. The van der Waals surface area contributed by atoms with E-state index in [1.54, 1.807) is 37.3 Å². The van der Waals surface area contributed by atoms with Gasteiger partial charge in [0.2, 0.25) is 17.7 Å². The molecule has 13 heteroatoms. The standard InChI is InChI=1S/C38H47N7O6/c1-28(46)41-20-12-29(13-21-41)37(48)44-17-6-5-16-42(35(47)14-22-45-27-40-32-9-4-3-8-31(32)38(45)49)18-7-19-43-23-15-39-36(43)30-10-11-33(50-2)34(26-30)51-25-24-44/h3-4,8-11,15,23,26-27,29H,5-7,12-14,16-22,24-25H2,1-2H3. The van der Waals surface area contributed by atoms with E-state index >= 15 is 0 Å². The number of para-hydroxylation sites is 1. The number of rotatable bonds is 5. The Morgan fingerprint density at radius 2 is 1.65 bits per heavy atom. The number of carbonyl (C=O) groups is 3.